The van der Waals surface area contributed by atoms with Gasteiger partial charge in [-0.3, -0.25) is 52.9 Å². The average molecular weight is 1140 g/mol. The summed E-state index contributed by atoms with van der Waals surface area (Å²) < 4.78 is 0. The molecule has 0 radical (unpaired) electrons. The first-order valence-corrected chi connectivity index (χ1v) is 26.3. The number of unbranched alkanes of at least 4 members (excludes halogenated alkanes) is 1. The second-order valence-electron chi connectivity index (χ2n) is 18.5. The van der Waals surface area contributed by atoms with E-state index in [1.54, 1.807) is 27.7 Å². The van der Waals surface area contributed by atoms with E-state index >= 15 is 0 Å². The van der Waals surface area contributed by atoms with E-state index in [0.29, 0.717) is 12.8 Å². The van der Waals surface area contributed by atoms with E-state index in [-0.39, 0.29) is 74.5 Å². The van der Waals surface area contributed by atoms with Gasteiger partial charge in [-0.15, -0.1) is 0 Å². The van der Waals surface area contributed by atoms with E-state index in [2.05, 4.69) is 90.7 Å². The number of carbonyl (C=O) groups is 11. The Balaban J connectivity index is 6.40. The third-order valence-electron chi connectivity index (χ3n) is 10.9. The van der Waals surface area contributed by atoms with Crippen LogP contribution in [0.5, 0.6) is 0 Å². The van der Waals surface area contributed by atoms with Gasteiger partial charge in [-0.2, -0.15) is 37.9 Å². The molecular formula is C44H80N14O15S3. The first-order valence-electron chi connectivity index (χ1n) is 24.4. The Morgan fingerprint density at radius 1 is 0.500 bits per heavy atom. The molecule has 0 heterocycles. The lowest BCUT2D eigenvalue weighted by atomic mass is 10.0. The van der Waals surface area contributed by atoms with Crippen LogP contribution < -0.4 is 70.8 Å². The first kappa shape index (κ1) is 70.3. The van der Waals surface area contributed by atoms with Gasteiger partial charge in [0.05, 0.1) is 25.2 Å². The SMILES string of the molecule is CC(C)C[C@H](NC(=O)[C@H](CCCN=C(N)N)NC(=O)[C@H](CC(C)C)NC(=O)[C@@H](NC(=O)[C@H](CO)NC(=O)[C@H](CC(=O)O)NC(=O)[C@H](CS)NC(=O)[C@H](CCCCN)NC(=O)[C@H](CS)NC(=O)[C@@H](N)CS)[C@@H](C)O)C(=O)O. The van der Waals surface area contributed by atoms with Crippen molar-refractivity contribution >= 4 is 109 Å². The Bertz CT molecular complexity index is 1990. The molecule has 21 N–H and O–H groups in total. The number of carboxylic acids is 2. The van der Waals surface area contributed by atoms with Crippen molar-refractivity contribution in [3.8, 4) is 0 Å². The number of aliphatic hydroxyl groups excluding tert-OH is 2. The molecule has 0 fully saturated rings. The molecule has 11 atom stereocenters. The highest BCUT2D eigenvalue weighted by molar-refractivity contribution is 7.80. The number of hydrogen-bond acceptors (Lipinski definition) is 19. The van der Waals surface area contributed by atoms with Gasteiger partial charge in [-0.1, -0.05) is 27.7 Å². The third kappa shape index (κ3) is 27.4. The molecule has 0 unspecified atom stereocenters. The van der Waals surface area contributed by atoms with Gasteiger partial charge in [0.25, 0.3) is 0 Å². The lowest BCUT2D eigenvalue weighted by molar-refractivity contribution is -0.143. The van der Waals surface area contributed by atoms with Crippen molar-refractivity contribution in [3.63, 3.8) is 0 Å². The van der Waals surface area contributed by atoms with Gasteiger partial charge in [-0.05, 0) is 70.3 Å². The Morgan fingerprint density at radius 3 is 1.33 bits per heavy atom. The summed E-state index contributed by atoms with van der Waals surface area (Å²) >= 11 is 12.2. The molecule has 0 spiro atoms. The lowest BCUT2D eigenvalue weighted by Gasteiger charge is -2.29. The summed E-state index contributed by atoms with van der Waals surface area (Å²) in [7, 11) is 0. The van der Waals surface area contributed by atoms with Crippen LogP contribution in [0.25, 0.3) is 0 Å². The minimum absolute atomic E-state index is 0.00000447. The highest BCUT2D eigenvalue weighted by Crippen LogP contribution is 2.11. The fraction of sp³-hybridized carbons (Fsp3) is 0.727. The molecule has 29 nitrogen and oxygen atoms in total. The predicted octanol–water partition coefficient (Wildman–Crippen LogP) is -6.33. The van der Waals surface area contributed by atoms with Crippen LogP contribution in [0.1, 0.15) is 86.0 Å². The van der Waals surface area contributed by atoms with E-state index in [1.807, 2.05) is 0 Å². The number of aliphatic hydroxyl groups is 2. The third-order valence-corrected chi connectivity index (χ3v) is 12.0. The molecule has 0 aromatic carbocycles. The van der Waals surface area contributed by atoms with E-state index in [1.165, 1.54) is 0 Å². The Labute approximate surface area is 457 Å². The van der Waals surface area contributed by atoms with Crippen LogP contribution in [0.3, 0.4) is 0 Å². The second kappa shape index (κ2) is 37.2. The number of amides is 9. The highest BCUT2D eigenvalue weighted by atomic mass is 32.1. The summed E-state index contributed by atoms with van der Waals surface area (Å²) in [6, 6.07) is -15.1. The van der Waals surface area contributed by atoms with Crippen LogP contribution in [-0.2, 0) is 52.7 Å². The van der Waals surface area contributed by atoms with E-state index in [0.717, 1.165) is 6.92 Å². The fourth-order valence-corrected chi connectivity index (χ4v) is 7.49. The molecule has 0 saturated carbocycles. The predicted molar refractivity (Wildman–Crippen MR) is 287 cm³/mol. The number of guanidine groups is 1. The van der Waals surface area contributed by atoms with Gasteiger partial charge in [0.2, 0.25) is 53.2 Å². The van der Waals surface area contributed by atoms with Crippen molar-refractivity contribution in [2.24, 2.45) is 39.8 Å². The van der Waals surface area contributed by atoms with Gasteiger partial charge >= 0.3 is 11.9 Å². The van der Waals surface area contributed by atoms with Crippen molar-refractivity contribution in [3.05, 3.63) is 0 Å². The summed E-state index contributed by atoms with van der Waals surface area (Å²) in [5.74, 6) is -13.5. The molecule has 32 heteroatoms. The van der Waals surface area contributed by atoms with Crippen LogP contribution in [-0.4, -0.2) is 195 Å². The monoisotopic (exact) mass is 1140 g/mol. The van der Waals surface area contributed by atoms with Gasteiger partial charge in [0, 0.05) is 23.8 Å². The Kier molecular flexibility index (Phi) is 34.4. The van der Waals surface area contributed by atoms with Crippen molar-refractivity contribution < 1.29 is 73.2 Å². The molecule has 0 rings (SSSR count). The Morgan fingerprint density at radius 2 is 0.895 bits per heavy atom. The summed E-state index contributed by atoms with van der Waals surface area (Å²) in [6.07, 6.45) is -2.01. The summed E-state index contributed by atoms with van der Waals surface area (Å²) in [6.45, 7) is 7.07. The normalized spacial score (nSPS) is 15.5. The van der Waals surface area contributed by atoms with E-state index < -0.39 is 150 Å². The lowest BCUT2D eigenvalue weighted by Crippen LogP contribution is -2.62. The first-order chi connectivity index (χ1) is 35.6. The molecule has 0 bridgehead atoms. The fourth-order valence-electron chi connectivity index (χ4n) is 6.81. The number of aliphatic carboxylic acids is 2. The number of nitrogens with zero attached hydrogens (tertiary/aromatic N) is 1. The van der Waals surface area contributed by atoms with E-state index in [9.17, 15) is 73.2 Å². The standard InChI is InChI=1S/C44H80N14O15S3/c1-20(2)13-26(37(66)50-25(10-8-12-49-44(47)48)35(64)54-28(43(72)73)14-21(3)4)53-42(71)33(22(5)60)58-39(68)29(16-59)55-38(67)27(15-32(61)62)52-41(70)31(19-76)57-36(65)24(9-6-7-11-45)51-40(69)30(18-75)56-34(63)23(46)17-74/h20-31,33,59-60,74-76H,6-19,45-46H2,1-5H3,(H,50,66)(H,51,69)(H,52,70)(H,53,71)(H,54,64)(H,55,67)(H,56,63)(H,57,65)(H,58,68)(H,61,62)(H,72,73)(H4,47,48,49)/t22-,23+,24+,25+,26+,27+,28+,29+,30+,31+,33+/m1/s1. The molecule has 0 aliphatic carbocycles. The van der Waals surface area contributed by atoms with Gasteiger partial charge in [-0.25, -0.2) is 4.79 Å². The van der Waals surface area contributed by atoms with Crippen LogP contribution in [0.2, 0.25) is 0 Å². The second-order valence-corrected chi connectivity index (χ2v) is 19.6. The largest absolute Gasteiger partial charge is 0.481 e. The number of hydrogen-bond donors (Lipinski definition) is 20. The average Bonchev–Trinajstić information content (AvgIpc) is 3.33. The molecule has 9 amide bonds. The molecule has 0 aliphatic rings. The summed E-state index contributed by atoms with van der Waals surface area (Å²) in [5.41, 5.74) is 22.1. The molecule has 76 heavy (non-hydrogen) atoms. The molecule has 434 valence electrons. The maximum Gasteiger partial charge on any atom is 0.326 e. The maximum absolute atomic E-state index is 13.8. The van der Waals surface area contributed by atoms with Crippen molar-refractivity contribution in [2.75, 3.05) is 37.0 Å². The maximum atomic E-state index is 13.8. The smallest absolute Gasteiger partial charge is 0.326 e. The molecule has 0 aromatic rings. The number of nitrogens with two attached hydrogens (primary N) is 4. The number of nitrogens with one attached hydrogen (secondary N) is 9. The number of rotatable bonds is 38. The quantitative estimate of drug-likeness (QED) is 0.0118. The van der Waals surface area contributed by atoms with Crippen molar-refractivity contribution in [2.45, 2.75) is 153 Å². The number of thiol groups is 3. The zero-order chi connectivity index (χ0) is 58.4. The van der Waals surface area contributed by atoms with Crippen molar-refractivity contribution in [1.82, 2.24) is 47.9 Å². The minimum atomic E-state index is -1.98. The molecule has 0 aromatic heterocycles. The van der Waals surface area contributed by atoms with Crippen molar-refractivity contribution in [1.29, 1.82) is 0 Å². The zero-order valence-electron chi connectivity index (χ0n) is 43.3. The Hall–Kier alpha value is -5.67. The topological polar surface area (TPSA) is 493 Å². The van der Waals surface area contributed by atoms with Crippen LogP contribution in [0.15, 0.2) is 4.99 Å². The summed E-state index contributed by atoms with van der Waals surface area (Å²) in [5, 5.41) is 61.3. The van der Waals surface area contributed by atoms with Gasteiger partial charge in [0.15, 0.2) is 5.96 Å². The van der Waals surface area contributed by atoms with E-state index in [4.69, 9.17) is 22.9 Å². The molecule has 0 aliphatic heterocycles. The van der Waals surface area contributed by atoms with Gasteiger partial charge in [0.1, 0.15) is 54.4 Å². The number of carbonyl (C=O) groups excluding carboxylic acids is 9. The number of carboxylic acid groups (broad SMARTS) is 2. The van der Waals surface area contributed by atoms with Crippen LogP contribution >= 0.6 is 37.9 Å². The minimum Gasteiger partial charge on any atom is -0.481 e. The number of aliphatic imine (C=N–C) groups is 1. The molecular weight excluding hydrogens is 1060 g/mol. The van der Waals surface area contributed by atoms with Crippen LogP contribution in [0.4, 0.5) is 0 Å². The highest BCUT2D eigenvalue weighted by Gasteiger charge is 2.37. The summed E-state index contributed by atoms with van der Waals surface area (Å²) in [4.78, 5) is 148. The molecule has 0 saturated heterocycles. The van der Waals surface area contributed by atoms with Gasteiger partial charge < -0.3 is 91.2 Å². The zero-order valence-corrected chi connectivity index (χ0v) is 46.0. The van der Waals surface area contributed by atoms with Crippen LogP contribution in [0, 0.1) is 11.8 Å².